The van der Waals surface area contributed by atoms with Gasteiger partial charge >= 0.3 is 0 Å². The minimum absolute atomic E-state index is 0.0268. The van der Waals surface area contributed by atoms with Crippen LogP contribution in [0, 0.1) is 0 Å². The van der Waals surface area contributed by atoms with E-state index in [1.54, 1.807) is 39.2 Å². The smallest absolute Gasteiger partial charge is 0.274 e. The third kappa shape index (κ3) is 4.92. The number of hydrogen-bond donors (Lipinski definition) is 1. The number of likely N-dealkylation sites (tertiary alicyclic amines) is 1. The van der Waals surface area contributed by atoms with Gasteiger partial charge in [0.15, 0.2) is 5.78 Å². The third-order valence-electron chi connectivity index (χ3n) is 6.83. The maximum absolute atomic E-state index is 13.4. The van der Waals surface area contributed by atoms with Crippen molar-refractivity contribution in [3.05, 3.63) is 98.3 Å². The number of hydrogen-bond acceptors (Lipinski definition) is 6. The van der Waals surface area contributed by atoms with Crippen molar-refractivity contribution in [3.8, 4) is 0 Å². The fraction of sp³-hybridized carbons (Fsp3) is 0.214. The van der Waals surface area contributed by atoms with Gasteiger partial charge in [-0.2, -0.15) is 0 Å². The summed E-state index contributed by atoms with van der Waals surface area (Å²) in [6, 6.07) is 14.9. The predicted octanol–water partition coefficient (Wildman–Crippen LogP) is 5.98. The van der Waals surface area contributed by atoms with Crippen molar-refractivity contribution < 1.29 is 9.59 Å². The normalized spacial score (nSPS) is 17.5. The minimum atomic E-state index is -0.301. The topological polar surface area (TPSA) is 93.6 Å². The quantitative estimate of drug-likeness (QED) is 0.256. The van der Waals surface area contributed by atoms with E-state index in [9.17, 15) is 9.59 Å². The molecule has 1 aliphatic heterocycles. The molecule has 0 saturated carbocycles. The maximum atomic E-state index is 13.4. The van der Waals surface area contributed by atoms with Gasteiger partial charge in [0, 0.05) is 41.8 Å². The second-order valence-corrected chi connectivity index (χ2v) is 11.3. The molecule has 2 aromatic carbocycles. The van der Waals surface area contributed by atoms with Crippen molar-refractivity contribution in [3.63, 3.8) is 0 Å². The summed E-state index contributed by atoms with van der Waals surface area (Å²) in [7, 11) is 0. The van der Waals surface area contributed by atoms with E-state index >= 15 is 0 Å². The molecule has 2 atom stereocenters. The van der Waals surface area contributed by atoms with Crippen molar-refractivity contribution in [1.82, 2.24) is 19.3 Å². The maximum Gasteiger partial charge on any atom is 0.274 e. The lowest BCUT2D eigenvalue weighted by atomic mass is 10.0. The van der Waals surface area contributed by atoms with Gasteiger partial charge in [0.1, 0.15) is 22.0 Å². The molecule has 10 heteroatoms. The number of amides is 1. The van der Waals surface area contributed by atoms with Crippen LogP contribution in [0.5, 0.6) is 0 Å². The van der Waals surface area contributed by atoms with E-state index in [0.29, 0.717) is 57.9 Å². The number of nitrogens with zero attached hydrogens (tertiary/aromatic N) is 4. The lowest BCUT2D eigenvalue weighted by molar-refractivity contribution is 0.0728. The number of carbonyl (C=O) groups excluding carboxylic acids is 2. The largest absolute Gasteiger partial charge is 0.326 e. The number of imidazole rings is 1. The molecule has 1 amide bonds. The Labute approximate surface area is 232 Å². The summed E-state index contributed by atoms with van der Waals surface area (Å²) in [5, 5.41) is 5.90. The Morgan fingerprint density at radius 2 is 1.76 bits per heavy atom. The predicted molar refractivity (Wildman–Crippen MR) is 150 cm³/mol. The molecule has 5 aromatic rings. The summed E-state index contributed by atoms with van der Waals surface area (Å²) < 4.78 is 1.73. The second-order valence-electron chi connectivity index (χ2n) is 9.53. The molecule has 2 N–H and O–H groups in total. The highest BCUT2D eigenvalue weighted by Gasteiger charge is 2.37. The third-order valence-corrected chi connectivity index (χ3v) is 8.23. The van der Waals surface area contributed by atoms with Crippen LogP contribution in [-0.2, 0) is 6.42 Å². The van der Waals surface area contributed by atoms with E-state index in [1.165, 1.54) is 11.3 Å². The van der Waals surface area contributed by atoms with Crippen molar-refractivity contribution in [2.75, 3.05) is 6.54 Å². The van der Waals surface area contributed by atoms with E-state index in [4.69, 9.17) is 28.9 Å². The first-order valence-corrected chi connectivity index (χ1v) is 13.9. The lowest BCUT2D eigenvalue weighted by Crippen LogP contribution is -2.33. The molecule has 4 heterocycles. The standard InChI is InChI=1S/C28H23Cl2N5O2S/c29-19-5-4-17-9-16(1-3-18(17)10-19)2-7-25(36)23-15-38-27(33-23)24-11-21(31)13-35(24)28(37)22-14-34-12-20(30)6-8-26(34)32-22/h1,3-6,8-10,12,14-15,21,24H,2,7,11,13,31H2/t21-,24+/m1/s1. The van der Waals surface area contributed by atoms with Gasteiger partial charge in [-0.1, -0.05) is 47.5 Å². The molecular formula is C28H23Cl2N5O2S. The monoisotopic (exact) mass is 563 g/mol. The van der Waals surface area contributed by atoms with Crippen LogP contribution in [0.25, 0.3) is 16.4 Å². The molecule has 0 unspecified atom stereocenters. The number of ketones is 1. The average molecular weight is 564 g/mol. The number of aryl methyl sites for hydroxylation is 1. The van der Waals surface area contributed by atoms with Crippen LogP contribution in [0.2, 0.25) is 10.0 Å². The van der Waals surface area contributed by atoms with Crippen LogP contribution in [0.15, 0.2) is 66.3 Å². The Morgan fingerprint density at radius 3 is 2.63 bits per heavy atom. The van der Waals surface area contributed by atoms with Crippen LogP contribution in [0.3, 0.4) is 0 Å². The Balaban J connectivity index is 1.16. The van der Waals surface area contributed by atoms with Gasteiger partial charge in [-0.05, 0) is 53.4 Å². The molecule has 0 spiro atoms. The van der Waals surface area contributed by atoms with Crippen LogP contribution in [0.1, 0.15) is 50.4 Å². The van der Waals surface area contributed by atoms with Crippen molar-refractivity contribution in [1.29, 1.82) is 0 Å². The van der Waals surface area contributed by atoms with Crippen molar-refractivity contribution >= 4 is 62.6 Å². The first-order chi connectivity index (χ1) is 18.3. The average Bonchev–Trinajstić information content (AvgIpc) is 3.64. The molecule has 0 radical (unpaired) electrons. The van der Waals surface area contributed by atoms with Gasteiger partial charge in [-0.25, -0.2) is 9.97 Å². The summed E-state index contributed by atoms with van der Waals surface area (Å²) in [4.78, 5) is 37.2. The van der Waals surface area contributed by atoms with Crippen LogP contribution in [0.4, 0.5) is 0 Å². The van der Waals surface area contributed by atoms with Crippen molar-refractivity contribution in [2.24, 2.45) is 5.73 Å². The van der Waals surface area contributed by atoms with E-state index in [-0.39, 0.29) is 23.8 Å². The first kappa shape index (κ1) is 25.0. The number of nitrogens with two attached hydrogens (primary N) is 1. The minimum Gasteiger partial charge on any atom is -0.326 e. The van der Waals surface area contributed by atoms with E-state index in [1.807, 2.05) is 30.3 Å². The van der Waals surface area contributed by atoms with E-state index < -0.39 is 0 Å². The summed E-state index contributed by atoms with van der Waals surface area (Å²) >= 11 is 13.5. The SMILES string of the molecule is N[C@@H]1C[C@@H](c2nc(C(=O)CCc3ccc4cc(Cl)ccc4c3)cs2)N(C(=O)c2cn3cc(Cl)ccc3n2)C1. The van der Waals surface area contributed by atoms with Crippen LogP contribution in [-0.4, -0.2) is 43.5 Å². The molecule has 38 heavy (non-hydrogen) atoms. The molecule has 3 aromatic heterocycles. The fourth-order valence-electron chi connectivity index (χ4n) is 4.92. The highest BCUT2D eigenvalue weighted by molar-refractivity contribution is 7.09. The van der Waals surface area contributed by atoms with Crippen molar-refractivity contribution in [2.45, 2.75) is 31.3 Å². The molecule has 192 valence electrons. The highest BCUT2D eigenvalue weighted by atomic mass is 35.5. The molecule has 7 nitrogen and oxygen atoms in total. The summed E-state index contributed by atoms with van der Waals surface area (Å²) in [5.41, 5.74) is 8.71. The highest BCUT2D eigenvalue weighted by Crippen LogP contribution is 2.35. The number of fused-ring (bicyclic) bond motifs is 2. The Hall–Kier alpha value is -3.30. The summed E-state index contributed by atoms with van der Waals surface area (Å²) in [6.45, 7) is 0.397. The Kier molecular flexibility index (Phi) is 6.65. The summed E-state index contributed by atoms with van der Waals surface area (Å²) in [6.07, 6.45) is 4.91. The summed E-state index contributed by atoms with van der Waals surface area (Å²) in [5.74, 6) is -0.246. The van der Waals surface area contributed by atoms with Gasteiger partial charge in [0.2, 0.25) is 0 Å². The number of aromatic nitrogens is 3. The van der Waals surface area contributed by atoms with Gasteiger partial charge in [0.25, 0.3) is 5.91 Å². The van der Waals surface area contributed by atoms with Gasteiger partial charge in [-0.15, -0.1) is 11.3 Å². The Bertz CT molecular complexity index is 1700. The molecule has 1 aliphatic rings. The molecule has 1 saturated heterocycles. The van der Waals surface area contributed by atoms with E-state index in [0.717, 1.165) is 16.3 Å². The molecule has 0 bridgehead atoms. The number of carbonyl (C=O) groups is 2. The van der Waals surface area contributed by atoms with Crippen LogP contribution < -0.4 is 5.73 Å². The molecule has 6 rings (SSSR count). The molecule has 0 aliphatic carbocycles. The second kappa shape index (κ2) is 10.1. The number of halogens is 2. The zero-order chi connectivity index (χ0) is 26.4. The molecular weight excluding hydrogens is 541 g/mol. The number of pyridine rings is 1. The van der Waals surface area contributed by atoms with Gasteiger partial charge in [-0.3, -0.25) is 9.59 Å². The van der Waals surface area contributed by atoms with E-state index in [2.05, 4.69) is 16.0 Å². The van der Waals surface area contributed by atoms with Gasteiger partial charge in [0.05, 0.1) is 11.1 Å². The number of thiazole rings is 1. The van der Waals surface area contributed by atoms with Gasteiger partial charge < -0.3 is 15.0 Å². The number of benzene rings is 2. The molecule has 1 fully saturated rings. The fourth-order valence-corrected chi connectivity index (χ4v) is 6.21. The zero-order valence-corrected chi connectivity index (χ0v) is 22.5. The first-order valence-electron chi connectivity index (χ1n) is 12.2. The zero-order valence-electron chi connectivity index (χ0n) is 20.2. The lowest BCUT2D eigenvalue weighted by Gasteiger charge is -2.21. The Morgan fingerprint density at radius 1 is 0.974 bits per heavy atom. The van der Waals surface area contributed by atoms with Crippen LogP contribution >= 0.6 is 34.5 Å². The number of Topliss-reactive ketones (excluding diaryl/α,β-unsaturated/α-hetero) is 1. The number of rotatable bonds is 6.